The van der Waals surface area contributed by atoms with Crippen molar-refractivity contribution >= 4 is 11.8 Å². The zero-order chi connectivity index (χ0) is 18.9. The Morgan fingerprint density at radius 1 is 1.19 bits per heavy atom. The number of hydrogen-bond donors (Lipinski definition) is 0. The van der Waals surface area contributed by atoms with E-state index in [0.29, 0.717) is 22.5 Å². The average Bonchev–Trinajstić information content (AvgIpc) is 2.61. The molecular formula is C18H15F3N2O3. The number of benzene rings is 1. The Morgan fingerprint density at radius 2 is 1.88 bits per heavy atom. The molecule has 0 bridgehead atoms. The summed E-state index contributed by atoms with van der Waals surface area (Å²) in [5.41, 5.74) is 0.708. The van der Waals surface area contributed by atoms with Gasteiger partial charge in [-0.2, -0.15) is 23.4 Å². The molecular weight excluding hydrogens is 349 g/mol. The van der Waals surface area contributed by atoms with Crippen molar-refractivity contribution in [2.45, 2.75) is 25.9 Å². The van der Waals surface area contributed by atoms with Crippen LogP contribution < -0.4 is 0 Å². The van der Waals surface area contributed by atoms with Gasteiger partial charge in [-0.25, -0.2) is 0 Å². The molecule has 0 aliphatic heterocycles. The molecule has 0 N–H and O–H groups in total. The van der Waals surface area contributed by atoms with E-state index >= 15 is 0 Å². The van der Waals surface area contributed by atoms with Gasteiger partial charge < -0.3 is 4.74 Å². The molecule has 1 aromatic carbocycles. The summed E-state index contributed by atoms with van der Waals surface area (Å²) in [5.74, 6) is -1.28. The highest BCUT2D eigenvalue weighted by Gasteiger charge is 2.33. The van der Waals surface area contributed by atoms with Crippen LogP contribution in [0, 0.1) is 5.92 Å². The first-order valence-corrected chi connectivity index (χ1v) is 8.03. The monoisotopic (exact) mass is 364 g/mol. The molecule has 136 valence electrons. The van der Waals surface area contributed by atoms with E-state index in [-0.39, 0.29) is 25.2 Å². The molecule has 0 saturated carbocycles. The maximum Gasteiger partial charge on any atom is 0.416 e. The molecule has 26 heavy (non-hydrogen) atoms. The normalized spacial score (nSPS) is 16.9. The molecule has 1 unspecified atom stereocenters. The van der Waals surface area contributed by atoms with Gasteiger partial charge >= 0.3 is 12.1 Å². The number of esters is 1. The molecule has 2 aromatic rings. The van der Waals surface area contributed by atoms with Gasteiger partial charge in [0.15, 0.2) is 5.78 Å². The van der Waals surface area contributed by atoms with E-state index in [0.717, 1.165) is 12.1 Å². The van der Waals surface area contributed by atoms with Gasteiger partial charge in [0.1, 0.15) is 0 Å². The molecule has 3 rings (SSSR count). The molecule has 0 spiro atoms. The average molecular weight is 364 g/mol. The number of rotatable bonds is 3. The van der Waals surface area contributed by atoms with E-state index in [1.165, 1.54) is 18.2 Å². The maximum atomic E-state index is 12.6. The minimum atomic E-state index is -4.42. The second-order valence-electron chi connectivity index (χ2n) is 5.95. The number of carbonyl (C=O) groups is 2. The Morgan fingerprint density at radius 3 is 2.50 bits per heavy atom. The standard InChI is InChI=1S/C18H15F3N2O3/c1-2-26-17(25)11-7-15-13(16(24)8-11)9-14(22-23-15)10-3-5-12(6-4-10)18(19,20)21/h3-6,9,11H,2,7-8H2,1H3. The van der Waals surface area contributed by atoms with Crippen LogP contribution in [0.1, 0.15) is 35.0 Å². The Labute approximate surface area is 147 Å². The molecule has 1 atom stereocenters. The number of nitrogens with zero attached hydrogens (tertiary/aromatic N) is 2. The summed E-state index contributed by atoms with van der Waals surface area (Å²) in [6.07, 6.45) is -4.15. The van der Waals surface area contributed by atoms with Crippen LogP contribution in [0.3, 0.4) is 0 Å². The Balaban J connectivity index is 1.87. The maximum absolute atomic E-state index is 12.6. The first-order valence-electron chi connectivity index (χ1n) is 8.03. The third-order valence-electron chi connectivity index (χ3n) is 4.17. The zero-order valence-corrected chi connectivity index (χ0v) is 13.8. The van der Waals surface area contributed by atoms with E-state index in [1.54, 1.807) is 6.92 Å². The lowest BCUT2D eigenvalue weighted by atomic mass is 9.86. The number of fused-ring (bicyclic) bond motifs is 1. The largest absolute Gasteiger partial charge is 0.466 e. The Kier molecular flexibility index (Phi) is 4.76. The number of hydrogen-bond acceptors (Lipinski definition) is 5. The van der Waals surface area contributed by atoms with Crippen LogP contribution in [0.15, 0.2) is 30.3 Å². The summed E-state index contributed by atoms with van der Waals surface area (Å²) in [6, 6.07) is 5.99. The van der Waals surface area contributed by atoms with Gasteiger partial charge in [-0.3, -0.25) is 9.59 Å². The highest BCUT2D eigenvalue weighted by atomic mass is 19.4. The smallest absolute Gasteiger partial charge is 0.416 e. The summed E-state index contributed by atoms with van der Waals surface area (Å²) in [5, 5.41) is 8.00. The van der Waals surface area contributed by atoms with Gasteiger partial charge in [0.2, 0.25) is 0 Å². The summed E-state index contributed by atoms with van der Waals surface area (Å²) in [7, 11) is 0. The summed E-state index contributed by atoms with van der Waals surface area (Å²) < 4.78 is 42.9. The number of ether oxygens (including phenoxy) is 1. The number of ketones is 1. The molecule has 1 aliphatic carbocycles. The number of alkyl halides is 3. The van der Waals surface area contributed by atoms with E-state index in [9.17, 15) is 22.8 Å². The van der Waals surface area contributed by atoms with Crippen LogP contribution >= 0.6 is 0 Å². The van der Waals surface area contributed by atoms with Gasteiger partial charge in [-0.1, -0.05) is 12.1 Å². The van der Waals surface area contributed by atoms with Gasteiger partial charge in [0, 0.05) is 24.0 Å². The van der Waals surface area contributed by atoms with Crippen LogP contribution in [0.25, 0.3) is 11.3 Å². The van der Waals surface area contributed by atoms with Gasteiger partial charge in [0.25, 0.3) is 0 Å². The van der Waals surface area contributed by atoms with E-state index in [4.69, 9.17) is 4.74 Å². The fourth-order valence-electron chi connectivity index (χ4n) is 2.85. The third-order valence-corrected chi connectivity index (χ3v) is 4.17. The second-order valence-corrected chi connectivity index (χ2v) is 5.95. The van der Waals surface area contributed by atoms with Crippen LogP contribution in [-0.4, -0.2) is 28.6 Å². The lowest BCUT2D eigenvalue weighted by molar-refractivity contribution is -0.148. The summed E-state index contributed by atoms with van der Waals surface area (Å²) in [4.78, 5) is 24.2. The van der Waals surface area contributed by atoms with Crippen molar-refractivity contribution in [1.82, 2.24) is 10.2 Å². The van der Waals surface area contributed by atoms with Crippen LogP contribution in [0.2, 0.25) is 0 Å². The SMILES string of the molecule is CCOC(=O)C1CC(=O)c2cc(-c3ccc(C(F)(F)F)cc3)nnc2C1. The predicted octanol–water partition coefficient (Wildman–Crippen LogP) is 3.47. The molecule has 0 radical (unpaired) electrons. The minimum absolute atomic E-state index is 0.0178. The molecule has 1 aromatic heterocycles. The predicted molar refractivity (Wildman–Crippen MR) is 85.2 cm³/mol. The van der Waals surface area contributed by atoms with Gasteiger partial charge in [-0.05, 0) is 25.1 Å². The number of halogens is 3. The Bertz CT molecular complexity index is 848. The van der Waals surface area contributed by atoms with Crippen molar-refractivity contribution < 1.29 is 27.5 Å². The highest BCUT2D eigenvalue weighted by Crippen LogP contribution is 2.32. The van der Waals surface area contributed by atoms with E-state index in [1.807, 2.05) is 0 Å². The molecule has 0 fully saturated rings. The van der Waals surface area contributed by atoms with Crippen molar-refractivity contribution in [3.63, 3.8) is 0 Å². The molecule has 0 saturated heterocycles. The summed E-state index contributed by atoms with van der Waals surface area (Å²) in [6.45, 7) is 1.92. The fourth-order valence-corrected chi connectivity index (χ4v) is 2.85. The topological polar surface area (TPSA) is 69.2 Å². The third kappa shape index (κ3) is 3.58. The van der Waals surface area contributed by atoms with Gasteiger partial charge in [0.05, 0.1) is 29.5 Å². The number of aromatic nitrogens is 2. The first kappa shape index (κ1) is 18.0. The molecule has 8 heteroatoms. The van der Waals surface area contributed by atoms with Crippen molar-refractivity contribution in [1.29, 1.82) is 0 Å². The summed E-state index contributed by atoms with van der Waals surface area (Å²) >= 11 is 0. The first-order chi connectivity index (χ1) is 12.3. The van der Waals surface area contributed by atoms with Crippen molar-refractivity contribution in [3.8, 4) is 11.3 Å². The Hall–Kier alpha value is -2.77. The van der Waals surface area contributed by atoms with Crippen LogP contribution in [0.4, 0.5) is 13.2 Å². The fraction of sp³-hybridized carbons (Fsp3) is 0.333. The minimum Gasteiger partial charge on any atom is -0.466 e. The van der Waals surface area contributed by atoms with E-state index < -0.39 is 23.6 Å². The quantitative estimate of drug-likeness (QED) is 0.780. The molecule has 1 aliphatic rings. The number of carbonyl (C=O) groups excluding carboxylic acids is 2. The van der Waals surface area contributed by atoms with Crippen molar-refractivity contribution in [3.05, 3.63) is 47.2 Å². The zero-order valence-electron chi connectivity index (χ0n) is 13.8. The highest BCUT2D eigenvalue weighted by molar-refractivity contribution is 6.01. The number of Topliss-reactive ketones (excluding diaryl/α,β-unsaturated/α-hetero) is 1. The lowest BCUT2D eigenvalue weighted by Crippen LogP contribution is -2.29. The molecule has 1 heterocycles. The van der Waals surface area contributed by atoms with Crippen molar-refractivity contribution in [2.24, 2.45) is 5.92 Å². The van der Waals surface area contributed by atoms with Crippen LogP contribution in [-0.2, 0) is 22.1 Å². The molecule has 5 nitrogen and oxygen atoms in total. The van der Waals surface area contributed by atoms with Crippen molar-refractivity contribution in [2.75, 3.05) is 6.61 Å². The van der Waals surface area contributed by atoms with E-state index in [2.05, 4.69) is 10.2 Å². The lowest BCUT2D eigenvalue weighted by Gasteiger charge is -2.21. The van der Waals surface area contributed by atoms with Crippen LogP contribution in [0.5, 0.6) is 0 Å². The molecule has 0 amide bonds. The second kappa shape index (κ2) is 6.86. The van der Waals surface area contributed by atoms with Gasteiger partial charge in [-0.15, -0.1) is 0 Å².